The molecule has 1 aliphatic rings. The number of thioether (sulfide) groups is 1. The molecule has 8 heteroatoms. The minimum absolute atomic E-state index is 0.0403. The summed E-state index contributed by atoms with van der Waals surface area (Å²) >= 11 is 0.282. The maximum atomic E-state index is 12.6. The number of pyridine rings is 1. The molecule has 1 amide bonds. The smallest absolute Gasteiger partial charge is 0.290 e. The number of likely N-dealkylation sites (N-methyl/N-ethyl adjacent to an activating group) is 1. The molecule has 1 fully saturated rings. The molecule has 5 nitrogen and oxygen atoms in total. The van der Waals surface area contributed by atoms with Gasteiger partial charge >= 0.3 is 0 Å². The molecule has 1 saturated heterocycles. The second-order valence-corrected chi connectivity index (χ2v) is 7.92. The summed E-state index contributed by atoms with van der Waals surface area (Å²) in [5.74, 6) is -3.02. The van der Waals surface area contributed by atoms with E-state index in [1.165, 1.54) is 17.8 Å². The van der Waals surface area contributed by atoms with E-state index in [2.05, 4.69) is 39.2 Å². The van der Waals surface area contributed by atoms with Crippen molar-refractivity contribution in [3.05, 3.63) is 59.3 Å². The number of benzene rings is 1. The van der Waals surface area contributed by atoms with Gasteiger partial charge in [-0.15, -0.1) is 0 Å². The lowest BCUT2D eigenvalue weighted by Crippen LogP contribution is -2.45. The summed E-state index contributed by atoms with van der Waals surface area (Å²) in [7, 11) is 0. The van der Waals surface area contributed by atoms with E-state index in [4.69, 9.17) is 0 Å². The molecule has 1 aromatic carbocycles. The van der Waals surface area contributed by atoms with Gasteiger partial charge in [-0.05, 0) is 41.6 Å². The third-order valence-corrected chi connectivity index (χ3v) is 5.74. The number of hydrogen-bond donors (Lipinski definition) is 1. The Labute approximate surface area is 174 Å². The van der Waals surface area contributed by atoms with Crippen LogP contribution in [-0.2, 0) is 13.1 Å². The first kappa shape index (κ1) is 21.7. The molecule has 1 aliphatic heterocycles. The van der Waals surface area contributed by atoms with Gasteiger partial charge in [0.1, 0.15) is 5.03 Å². The van der Waals surface area contributed by atoms with Gasteiger partial charge in [0.15, 0.2) is 0 Å². The summed E-state index contributed by atoms with van der Waals surface area (Å²) in [4.78, 5) is 21.2. The molecule has 156 valence electrons. The summed E-state index contributed by atoms with van der Waals surface area (Å²) in [5.41, 5.74) is 2.37. The highest BCUT2D eigenvalue weighted by molar-refractivity contribution is 7.99. The minimum Gasteiger partial charge on any atom is -0.348 e. The molecule has 29 heavy (non-hydrogen) atoms. The standard InChI is InChI=1S/C21H26F2N4OS/c1-2-26-10-12-27(13-11-26)15-17-7-5-16(6-8-17)14-25-19(28)18-4-3-9-24-20(18)29-21(22)23/h3-9,21H,2,10-15H2,1H3,(H,25,28). The predicted molar refractivity (Wildman–Crippen MR) is 111 cm³/mol. The molecule has 3 rings (SSSR count). The predicted octanol–water partition coefficient (Wildman–Crippen LogP) is 3.46. The SMILES string of the molecule is CCN1CCN(Cc2ccc(CNC(=O)c3cccnc3SC(F)F)cc2)CC1. The van der Waals surface area contributed by atoms with Crippen molar-refractivity contribution >= 4 is 17.7 Å². The van der Waals surface area contributed by atoms with E-state index in [0.29, 0.717) is 6.54 Å². The average Bonchev–Trinajstić information content (AvgIpc) is 2.73. The number of rotatable bonds is 8. The fourth-order valence-corrected chi connectivity index (χ4v) is 3.88. The van der Waals surface area contributed by atoms with Crippen molar-refractivity contribution in [3.8, 4) is 0 Å². The van der Waals surface area contributed by atoms with Gasteiger partial charge in [-0.3, -0.25) is 9.69 Å². The molecule has 0 unspecified atom stereocenters. The molecule has 0 radical (unpaired) electrons. The number of carbonyl (C=O) groups excluding carboxylic acids is 1. The summed E-state index contributed by atoms with van der Waals surface area (Å²) in [6.07, 6.45) is 1.41. The number of hydrogen-bond acceptors (Lipinski definition) is 5. The number of halogens is 2. The van der Waals surface area contributed by atoms with E-state index in [9.17, 15) is 13.6 Å². The monoisotopic (exact) mass is 420 g/mol. The minimum atomic E-state index is -2.62. The van der Waals surface area contributed by atoms with E-state index in [1.807, 2.05) is 12.1 Å². The van der Waals surface area contributed by atoms with E-state index in [0.717, 1.165) is 44.8 Å². The molecule has 0 bridgehead atoms. The van der Waals surface area contributed by atoms with Crippen LogP contribution in [0, 0.1) is 0 Å². The van der Waals surface area contributed by atoms with E-state index >= 15 is 0 Å². The summed E-state index contributed by atoms with van der Waals surface area (Å²) in [6, 6.07) is 11.2. The third kappa shape index (κ3) is 6.48. The van der Waals surface area contributed by atoms with E-state index in [-0.39, 0.29) is 22.4 Å². The topological polar surface area (TPSA) is 48.5 Å². The van der Waals surface area contributed by atoms with Crippen molar-refractivity contribution in [1.82, 2.24) is 20.1 Å². The maximum absolute atomic E-state index is 12.6. The Kier molecular flexibility index (Phi) is 7.97. The highest BCUT2D eigenvalue weighted by Gasteiger charge is 2.17. The Balaban J connectivity index is 1.51. The molecule has 2 aromatic rings. The van der Waals surface area contributed by atoms with Crippen LogP contribution >= 0.6 is 11.8 Å². The van der Waals surface area contributed by atoms with Crippen LogP contribution in [0.5, 0.6) is 0 Å². The second kappa shape index (κ2) is 10.7. The molecule has 1 aromatic heterocycles. The zero-order valence-corrected chi connectivity index (χ0v) is 17.3. The number of aromatic nitrogens is 1. The van der Waals surface area contributed by atoms with Crippen molar-refractivity contribution in [1.29, 1.82) is 0 Å². The Bertz CT molecular complexity index is 796. The molecule has 0 spiro atoms. The first-order chi connectivity index (χ1) is 14.0. The van der Waals surface area contributed by atoms with Crippen LogP contribution in [0.1, 0.15) is 28.4 Å². The molecule has 0 atom stereocenters. The van der Waals surface area contributed by atoms with Crippen LogP contribution in [0.3, 0.4) is 0 Å². The van der Waals surface area contributed by atoms with Crippen LogP contribution in [0.2, 0.25) is 0 Å². The highest BCUT2D eigenvalue weighted by Crippen LogP contribution is 2.26. The maximum Gasteiger partial charge on any atom is 0.290 e. The lowest BCUT2D eigenvalue weighted by molar-refractivity contribution is 0.0947. The van der Waals surface area contributed by atoms with Gasteiger partial charge in [-0.2, -0.15) is 8.78 Å². The number of carbonyl (C=O) groups is 1. The zero-order chi connectivity index (χ0) is 20.6. The highest BCUT2D eigenvalue weighted by atomic mass is 32.2. The van der Waals surface area contributed by atoms with Crippen LogP contribution in [-0.4, -0.2) is 59.2 Å². The van der Waals surface area contributed by atoms with Crippen molar-refractivity contribution in [2.75, 3.05) is 32.7 Å². The van der Waals surface area contributed by atoms with Gasteiger partial charge in [-0.1, -0.05) is 31.2 Å². The van der Waals surface area contributed by atoms with Crippen molar-refractivity contribution in [2.24, 2.45) is 0 Å². The Hall–Kier alpha value is -2.03. The van der Waals surface area contributed by atoms with Crippen LogP contribution < -0.4 is 5.32 Å². The first-order valence-electron chi connectivity index (χ1n) is 9.75. The molecule has 2 heterocycles. The van der Waals surface area contributed by atoms with Crippen LogP contribution in [0.15, 0.2) is 47.6 Å². The molecular weight excluding hydrogens is 394 g/mol. The van der Waals surface area contributed by atoms with Crippen molar-refractivity contribution in [3.63, 3.8) is 0 Å². The van der Waals surface area contributed by atoms with E-state index in [1.54, 1.807) is 6.07 Å². The number of nitrogens with one attached hydrogen (secondary N) is 1. The average molecular weight is 421 g/mol. The fraction of sp³-hybridized carbons (Fsp3) is 0.429. The number of amides is 1. The number of piperazine rings is 1. The van der Waals surface area contributed by atoms with Gasteiger partial charge in [0.2, 0.25) is 0 Å². The molecular formula is C21H26F2N4OS. The second-order valence-electron chi connectivity index (χ2n) is 6.94. The molecule has 0 aliphatic carbocycles. The summed E-state index contributed by atoms with van der Waals surface area (Å²) in [6.45, 7) is 8.94. The quantitative estimate of drug-likeness (QED) is 0.663. The Morgan fingerprint density at radius 3 is 2.41 bits per heavy atom. The zero-order valence-electron chi connectivity index (χ0n) is 16.5. The van der Waals surface area contributed by atoms with Crippen LogP contribution in [0.4, 0.5) is 8.78 Å². The largest absolute Gasteiger partial charge is 0.348 e. The molecule has 1 N–H and O–H groups in total. The van der Waals surface area contributed by atoms with Crippen molar-refractivity contribution in [2.45, 2.75) is 30.8 Å². The Morgan fingerprint density at radius 2 is 1.76 bits per heavy atom. The summed E-state index contributed by atoms with van der Waals surface area (Å²) in [5, 5.41) is 2.83. The van der Waals surface area contributed by atoms with Gasteiger partial charge in [0, 0.05) is 45.5 Å². The van der Waals surface area contributed by atoms with E-state index < -0.39 is 11.7 Å². The lowest BCUT2D eigenvalue weighted by Gasteiger charge is -2.34. The fourth-order valence-electron chi connectivity index (χ4n) is 3.30. The number of alkyl halides is 2. The number of nitrogens with zero attached hydrogens (tertiary/aromatic N) is 3. The first-order valence-corrected chi connectivity index (χ1v) is 10.6. The van der Waals surface area contributed by atoms with Gasteiger partial charge in [0.25, 0.3) is 11.7 Å². The normalized spacial score (nSPS) is 15.6. The van der Waals surface area contributed by atoms with Gasteiger partial charge in [0.05, 0.1) is 5.56 Å². The summed E-state index contributed by atoms with van der Waals surface area (Å²) < 4.78 is 25.3. The van der Waals surface area contributed by atoms with Crippen LogP contribution in [0.25, 0.3) is 0 Å². The Morgan fingerprint density at radius 1 is 1.10 bits per heavy atom. The molecule has 0 saturated carbocycles. The lowest BCUT2D eigenvalue weighted by atomic mass is 10.1. The van der Waals surface area contributed by atoms with Gasteiger partial charge < -0.3 is 10.2 Å². The van der Waals surface area contributed by atoms with Crippen molar-refractivity contribution < 1.29 is 13.6 Å². The van der Waals surface area contributed by atoms with Gasteiger partial charge in [-0.25, -0.2) is 4.98 Å². The third-order valence-electron chi connectivity index (χ3n) is 5.01.